The van der Waals surface area contributed by atoms with Crippen LogP contribution in [0.3, 0.4) is 0 Å². The monoisotopic (exact) mass is 559 g/mol. The van der Waals surface area contributed by atoms with Gasteiger partial charge in [0.2, 0.25) is 11.9 Å². The number of nitrogens with one attached hydrogen (secondary N) is 3. The number of hydrogen-bond acceptors (Lipinski definition) is 9. The maximum absolute atomic E-state index is 12.5. The van der Waals surface area contributed by atoms with Crippen LogP contribution in [0.4, 0.5) is 28.8 Å². The van der Waals surface area contributed by atoms with Crippen molar-refractivity contribution in [2.75, 3.05) is 41.9 Å². The van der Waals surface area contributed by atoms with Gasteiger partial charge in [0.05, 0.1) is 32.2 Å². The molecule has 10 nitrogen and oxygen atoms in total. The maximum atomic E-state index is 12.5. The number of aromatic nitrogens is 2. The molecule has 0 saturated carbocycles. The highest BCUT2D eigenvalue weighted by atomic mass is 35.5. The fourth-order valence-corrected chi connectivity index (χ4v) is 5.07. The third-order valence-electron chi connectivity index (χ3n) is 4.93. The first-order valence-electron chi connectivity index (χ1n) is 12.0. The van der Waals surface area contributed by atoms with E-state index in [4.69, 9.17) is 25.4 Å². The largest absolute Gasteiger partial charge is 0.494 e. The van der Waals surface area contributed by atoms with E-state index >= 15 is 0 Å². The Hall–Kier alpha value is -3.43. The number of rotatable bonds is 15. The first kappa shape index (κ1) is 29.1. The molecular formula is C26H31ClN5O5P. The molecule has 0 saturated heterocycles. The van der Waals surface area contributed by atoms with E-state index in [2.05, 4.69) is 32.5 Å². The summed E-state index contributed by atoms with van der Waals surface area (Å²) in [5, 5.41) is 9.30. The third-order valence-corrected chi connectivity index (χ3v) is 7.37. The highest BCUT2D eigenvalue weighted by molar-refractivity contribution is 7.53. The van der Waals surface area contributed by atoms with Crippen molar-refractivity contribution in [2.24, 2.45) is 0 Å². The molecule has 38 heavy (non-hydrogen) atoms. The van der Waals surface area contributed by atoms with Crippen molar-refractivity contribution >= 4 is 53.9 Å². The van der Waals surface area contributed by atoms with Crippen molar-refractivity contribution in [3.05, 3.63) is 72.4 Å². The van der Waals surface area contributed by atoms with Crippen molar-refractivity contribution in [1.82, 2.24) is 9.97 Å². The number of carbonyl (C=O) groups is 1. The van der Waals surface area contributed by atoms with E-state index in [0.717, 1.165) is 5.69 Å². The second-order valence-corrected chi connectivity index (χ2v) is 10.4. The summed E-state index contributed by atoms with van der Waals surface area (Å²) < 4.78 is 28.8. The van der Waals surface area contributed by atoms with Gasteiger partial charge in [0, 0.05) is 17.1 Å². The van der Waals surface area contributed by atoms with Gasteiger partial charge >= 0.3 is 7.60 Å². The van der Waals surface area contributed by atoms with Gasteiger partial charge in [-0.25, -0.2) is 4.98 Å². The van der Waals surface area contributed by atoms with Crippen molar-refractivity contribution in [2.45, 2.75) is 20.3 Å². The Bertz CT molecular complexity index is 1270. The number of carbonyl (C=O) groups excluding carboxylic acids is 1. The van der Waals surface area contributed by atoms with Crippen molar-refractivity contribution in [1.29, 1.82) is 0 Å². The predicted octanol–water partition coefficient (Wildman–Crippen LogP) is 6.78. The minimum atomic E-state index is -3.07. The molecule has 0 bridgehead atoms. The Morgan fingerprint density at radius 3 is 2.45 bits per heavy atom. The number of hydrogen-bond donors (Lipinski definition) is 3. The number of amides is 1. The molecule has 12 heteroatoms. The predicted molar refractivity (Wildman–Crippen MR) is 151 cm³/mol. The van der Waals surface area contributed by atoms with Gasteiger partial charge in [-0.15, -0.1) is 0 Å². The number of halogens is 1. The zero-order valence-electron chi connectivity index (χ0n) is 21.3. The molecule has 3 N–H and O–H groups in total. The molecule has 0 spiro atoms. The van der Waals surface area contributed by atoms with Crippen LogP contribution in [-0.4, -0.2) is 41.9 Å². The zero-order valence-corrected chi connectivity index (χ0v) is 22.9. The minimum absolute atomic E-state index is 0.298. The van der Waals surface area contributed by atoms with Crippen molar-refractivity contribution < 1.29 is 23.1 Å². The van der Waals surface area contributed by atoms with E-state index in [1.165, 1.54) is 12.3 Å². The molecule has 1 heterocycles. The first-order valence-corrected chi connectivity index (χ1v) is 14.2. The molecular weight excluding hydrogens is 529 g/mol. The minimum Gasteiger partial charge on any atom is -0.494 e. The maximum Gasteiger partial charge on any atom is 0.330 e. The van der Waals surface area contributed by atoms with Crippen molar-refractivity contribution in [3.8, 4) is 5.75 Å². The molecule has 0 radical (unpaired) electrons. The van der Waals surface area contributed by atoms with E-state index in [1.807, 2.05) is 30.3 Å². The lowest BCUT2D eigenvalue weighted by Crippen LogP contribution is -2.07. The molecule has 3 rings (SSSR count). The molecule has 0 aliphatic heterocycles. The smallest absolute Gasteiger partial charge is 0.330 e. The summed E-state index contributed by atoms with van der Waals surface area (Å²) in [7, 11) is -3.07. The normalized spacial score (nSPS) is 11.0. The Morgan fingerprint density at radius 1 is 1.05 bits per heavy atom. The molecule has 1 aromatic heterocycles. The highest BCUT2D eigenvalue weighted by Crippen LogP contribution is 2.48. The summed E-state index contributed by atoms with van der Waals surface area (Å²) in [5.74, 6) is 1.09. The number of nitrogens with zero attached hydrogens (tertiary/aromatic N) is 2. The van der Waals surface area contributed by atoms with Crippen LogP contribution in [0.2, 0.25) is 5.02 Å². The standard InChI is InChI=1S/C26H31ClN5O5P/c1-4-24(33)29-20-9-7-10-21(17-20)30-25-23(27)18-28-26(32-25)31-19-11-13-22(14-12-19)35-15-8-16-38(34,36-5-2)37-6-3/h4,7,9-14,17-18H,1,5-6,8,15-16H2,2-3H3,(H,29,33)(H2,28,30,31,32). The number of anilines is 5. The van der Waals surface area contributed by atoms with Crippen LogP contribution in [0.25, 0.3) is 0 Å². The molecule has 0 atom stereocenters. The van der Waals surface area contributed by atoms with Gasteiger partial charge in [-0.2, -0.15) is 4.98 Å². The van der Waals surface area contributed by atoms with Crippen LogP contribution in [0.15, 0.2) is 67.4 Å². The number of benzene rings is 2. The van der Waals surface area contributed by atoms with Crippen LogP contribution in [0.5, 0.6) is 5.75 Å². The average molecular weight is 560 g/mol. The fourth-order valence-electron chi connectivity index (χ4n) is 3.29. The summed E-state index contributed by atoms with van der Waals surface area (Å²) >= 11 is 6.29. The summed E-state index contributed by atoms with van der Waals surface area (Å²) in [4.78, 5) is 20.3. The Kier molecular flexibility index (Phi) is 11.1. The van der Waals surface area contributed by atoms with Gasteiger partial charge in [-0.3, -0.25) is 9.36 Å². The van der Waals surface area contributed by atoms with E-state index in [0.29, 0.717) is 66.3 Å². The fraction of sp³-hybridized carbons (Fsp3) is 0.269. The molecule has 0 unspecified atom stereocenters. The SMILES string of the molecule is C=CC(=O)Nc1cccc(Nc2nc(Nc3ccc(OCCCP(=O)(OCC)OCC)cc3)ncc2Cl)c1. The average Bonchev–Trinajstić information content (AvgIpc) is 2.90. The summed E-state index contributed by atoms with van der Waals surface area (Å²) in [6, 6.07) is 14.4. The second-order valence-electron chi connectivity index (χ2n) is 7.81. The van der Waals surface area contributed by atoms with Gasteiger partial charge in [0.1, 0.15) is 10.8 Å². The van der Waals surface area contributed by atoms with Crippen LogP contribution < -0.4 is 20.7 Å². The van der Waals surface area contributed by atoms with Gasteiger partial charge < -0.3 is 29.7 Å². The molecule has 0 aliphatic carbocycles. The Balaban J connectivity index is 1.56. The van der Waals surface area contributed by atoms with Crippen LogP contribution in [0, 0.1) is 0 Å². The Morgan fingerprint density at radius 2 is 1.76 bits per heavy atom. The van der Waals surface area contributed by atoms with Gasteiger partial charge in [0.15, 0.2) is 5.82 Å². The molecule has 0 fully saturated rings. The summed E-state index contributed by atoms with van der Waals surface area (Å²) in [6.07, 6.45) is 3.52. The van der Waals surface area contributed by atoms with Crippen LogP contribution in [0.1, 0.15) is 20.3 Å². The number of ether oxygens (including phenoxy) is 1. The summed E-state index contributed by atoms with van der Waals surface area (Å²) in [5.41, 5.74) is 2.03. The second kappa shape index (κ2) is 14.5. The van der Waals surface area contributed by atoms with E-state index in [-0.39, 0.29) is 5.91 Å². The summed E-state index contributed by atoms with van der Waals surface area (Å²) in [6.45, 7) is 8.08. The molecule has 202 valence electrons. The van der Waals surface area contributed by atoms with Gasteiger partial charge in [0.25, 0.3) is 0 Å². The zero-order chi connectivity index (χ0) is 27.4. The van der Waals surface area contributed by atoms with Crippen molar-refractivity contribution in [3.63, 3.8) is 0 Å². The van der Waals surface area contributed by atoms with E-state index in [9.17, 15) is 9.36 Å². The Labute approximate surface area is 227 Å². The molecule has 2 aromatic carbocycles. The highest BCUT2D eigenvalue weighted by Gasteiger charge is 2.22. The molecule has 0 aliphatic rings. The third kappa shape index (κ3) is 9.15. The molecule has 3 aromatic rings. The molecule has 1 amide bonds. The van der Waals surface area contributed by atoms with E-state index < -0.39 is 7.60 Å². The van der Waals surface area contributed by atoms with Gasteiger partial charge in [-0.05, 0) is 68.8 Å². The lowest BCUT2D eigenvalue weighted by Gasteiger charge is -2.16. The lowest BCUT2D eigenvalue weighted by molar-refractivity contribution is -0.111. The van der Waals surface area contributed by atoms with E-state index in [1.54, 1.807) is 32.0 Å². The first-order chi connectivity index (χ1) is 18.3. The van der Waals surface area contributed by atoms with Crippen LogP contribution in [-0.2, 0) is 18.4 Å². The lowest BCUT2D eigenvalue weighted by atomic mass is 10.2. The topological polar surface area (TPSA) is 124 Å². The van der Waals surface area contributed by atoms with Crippen LogP contribution >= 0.6 is 19.2 Å². The quantitative estimate of drug-likeness (QED) is 0.105. The van der Waals surface area contributed by atoms with Gasteiger partial charge in [-0.1, -0.05) is 24.2 Å².